The van der Waals surface area contributed by atoms with Gasteiger partial charge in [-0.1, -0.05) is 6.07 Å². The van der Waals surface area contributed by atoms with E-state index in [0.29, 0.717) is 47.2 Å². The van der Waals surface area contributed by atoms with Crippen LogP contribution in [0, 0.1) is 0 Å². The van der Waals surface area contributed by atoms with Crippen molar-refractivity contribution >= 4 is 17.9 Å². The number of thioether (sulfide) groups is 1. The van der Waals surface area contributed by atoms with Crippen LogP contribution >= 0.6 is 11.8 Å². The van der Waals surface area contributed by atoms with Gasteiger partial charge in [0.1, 0.15) is 5.60 Å². The largest absolute Gasteiger partial charge is 0.492 e. The quantitative estimate of drug-likeness (QED) is 0.549. The van der Waals surface area contributed by atoms with Crippen molar-refractivity contribution in [3.63, 3.8) is 0 Å². The molecule has 0 saturated carbocycles. The molecule has 2 aromatic carbocycles. The third-order valence-corrected chi connectivity index (χ3v) is 6.27. The summed E-state index contributed by atoms with van der Waals surface area (Å²) in [6, 6.07) is 6.87. The summed E-state index contributed by atoms with van der Waals surface area (Å²) in [5, 5.41) is 2.98. The Bertz CT molecular complexity index is 1130. The average Bonchev–Trinajstić information content (AvgIpc) is 3.00. The second kappa shape index (κ2) is 10.6. The van der Waals surface area contributed by atoms with Gasteiger partial charge in [-0.2, -0.15) is 0 Å². The Labute approximate surface area is 205 Å². The number of hydrogen-bond donors (Lipinski definition) is 1. The normalized spacial score (nSPS) is 14.9. The van der Waals surface area contributed by atoms with Crippen LogP contribution in [0.3, 0.4) is 0 Å². The second-order valence-corrected chi connectivity index (χ2v) is 9.77. The van der Waals surface area contributed by atoms with Gasteiger partial charge in [-0.25, -0.2) is 4.79 Å². The zero-order valence-electron chi connectivity index (χ0n) is 20.9. The molecule has 0 spiro atoms. The molecule has 1 N–H and O–H groups in total. The van der Waals surface area contributed by atoms with Crippen molar-refractivity contribution < 1.29 is 23.7 Å². The zero-order valence-corrected chi connectivity index (χ0v) is 21.7. The van der Waals surface area contributed by atoms with E-state index >= 15 is 0 Å². The molecular weight excluding hydrogens is 454 g/mol. The number of amides is 1. The van der Waals surface area contributed by atoms with Crippen molar-refractivity contribution in [2.45, 2.75) is 57.1 Å². The molecule has 1 aliphatic rings. The molecule has 0 saturated heterocycles. The van der Waals surface area contributed by atoms with E-state index in [1.165, 1.54) is 11.8 Å². The molecule has 7 nitrogen and oxygen atoms in total. The maximum Gasteiger partial charge on any atom is 0.408 e. The second-order valence-electron chi connectivity index (χ2n) is 8.93. The molecule has 1 unspecified atom stereocenters. The van der Waals surface area contributed by atoms with Gasteiger partial charge in [0.2, 0.25) is 5.75 Å². The fourth-order valence-electron chi connectivity index (χ4n) is 4.18. The number of alkyl carbamates (subject to hydrolysis) is 1. The van der Waals surface area contributed by atoms with Gasteiger partial charge in [0.15, 0.2) is 16.9 Å². The summed E-state index contributed by atoms with van der Waals surface area (Å²) in [4.78, 5) is 26.3. The number of rotatable bonds is 6. The van der Waals surface area contributed by atoms with E-state index in [-0.39, 0.29) is 5.43 Å². The monoisotopic (exact) mass is 487 g/mol. The average molecular weight is 488 g/mol. The van der Waals surface area contributed by atoms with Gasteiger partial charge in [-0.05, 0) is 81.7 Å². The fourth-order valence-corrected chi connectivity index (χ4v) is 4.64. The topological polar surface area (TPSA) is 83.1 Å². The molecule has 0 bridgehead atoms. The summed E-state index contributed by atoms with van der Waals surface area (Å²) in [5.41, 5.74) is 2.57. The van der Waals surface area contributed by atoms with E-state index in [2.05, 4.69) is 5.32 Å². The van der Waals surface area contributed by atoms with Crippen LogP contribution in [0.1, 0.15) is 51.3 Å². The van der Waals surface area contributed by atoms with Gasteiger partial charge < -0.3 is 24.3 Å². The number of hydrogen-bond acceptors (Lipinski definition) is 7. The number of ether oxygens (including phenoxy) is 4. The maximum absolute atomic E-state index is 13.0. The minimum Gasteiger partial charge on any atom is -0.492 e. The molecule has 0 heterocycles. The highest BCUT2D eigenvalue weighted by Gasteiger charge is 2.30. The molecule has 8 heteroatoms. The first-order chi connectivity index (χ1) is 16.1. The van der Waals surface area contributed by atoms with E-state index in [9.17, 15) is 9.59 Å². The van der Waals surface area contributed by atoms with Crippen LogP contribution in [0.15, 0.2) is 34.0 Å². The highest BCUT2D eigenvalue weighted by molar-refractivity contribution is 7.98. The summed E-state index contributed by atoms with van der Waals surface area (Å²) in [7, 11) is 3.16. The smallest absolute Gasteiger partial charge is 0.408 e. The summed E-state index contributed by atoms with van der Waals surface area (Å²) < 4.78 is 22.9. The van der Waals surface area contributed by atoms with Crippen LogP contribution in [0.25, 0.3) is 11.1 Å². The standard InChI is InChI=1S/C26H33NO6S/c1-8-32-20-13-15-9-11-18(27-25(29)33-26(2,3)4)17-14-19(28)21(34-7)12-10-16(17)22(15)24(31-6)23(20)30-5/h10,12-14,18H,8-9,11H2,1-7H3,(H,27,29). The molecule has 0 aliphatic heterocycles. The Morgan fingerprint density at radius 1 is 1.15 bits per heavy atom. The van der Waals surface area contributed by atoms with E-state index in [1.54, 1.807) is 20.3 Å². The number of methoxy groups -OCH3 is 2. The lowest BCUT2D eigenvalue weighted by molar-refractivity contribution is 0.0501. The first-order valence-electron chi connectivity index (χ1n) is 11.3. The van der Waals surface area contributed by atoms with Crippen molar-refractivity contribution in [2.75, 3.05) is 27.1 Å². The summed E-state index contributed by atoms with van der Waals surface area (Å²) in [5.74, 6) is 1.62. The molecule has 3 rings (SSSR count). The van der Waals surface area contributed by atoms with E-state index in [0.717, 1.165) is 16.7 Å². The van der Waals surface area contributed by atoms with Crippen LogP contribution in [0.5, 0.6) is 17.2 Å². The van der Waals surface area contributed by atoms with Gasteiger partial charge >= 0.3 is 6.09 Å². The van der Waals surface area contributed by atoms with E-state index in [4.69, 9.17) is 18.9 Å². The van der Waals surface area contributed by atoms with Crippen molar-refractivity contribution in [1.29, 1.82) is 0 Å². The van der Waals surface area contributed by atoms with Crippen molar-refractivity contribution in [2.24, 2.45) is 0 Å². The third kappa shape index (κ3) is 5.43. The fraction of sp³-hybridized carbons (Fsp3) is 0.462. The van der Waals surface area contributed by atoms with Crippen LogP contribution in [0.2, 0.25) is 0 Å². The minimum atomic E-state index is -0.638. The molecule has 2 aromatic rings. The predicted octanol–water partition coefficient (Wildman–Crippen LogP) is 5.36. The lowest BCUT2D eigenvalue weighted by Gasteiger charge is -2.23. The van der Waals surface area contributed by atoms with Crippen LogP contribution in [0.4, 0.5) is 4.79 Å². The Hall–Kier alpha value is -2.87. The van der Waals surface area contributed by atoms with E-state index < -0.39 is 17.7 Å². The van der Waals surface area contributed by atoms with Gasteiger partial charge in [0, 0.05) is 5.56 Å². The highest BCUT2D eigenvalue weighted by atomic mass is 32.2. The summed E-state index contributed by atoms with van der Waals surface area (Å²) in [6.07, 6.45) is 2.53. The van der Waals surface area contributed by atoms with Crippen molar-refractivity contribution in [1.82, 2.24) is 5.32 Å². The number of carbonyl (C=O) groups is 1. The van der Waals surface area contributed by atoms with Crippen LogP contribution in [-0.4, -0.2) is 38.8 Å². The lowest BCUT2D eigenvalue weighted by Crippen LogP contribution is -2.35. The number of carbonyl (C=O) groups excluding carboxylic acids is 1. The van der Waals surface area contributed by atoms with Gasteiger partial charge in [-0.15, -0.1) is 11.8 Å². The Balaban J connectivity index is 2.28. The maximum atomic E-state index is 13.0. The lowest BCUT2D eigenvalue weighted by atomic mass is 9.95. The van der Waals surface area contributed by atoms with Crippen LogP contribution < -0.4 is 25.0 Å². The van der Waals surface area contributed by atoms with E-state index in [1.807, 2.05) is 52.1 Å². The van der Waals surface area contributed by atoms with Gasteiger partial charge in [0.05, 0.1) is 31.8 Å². The molecular formula is C26H33NO6S. The third-order valence-electron chi connectivity index (χ3n) is 5.49. The van der Waals surface area contributed by atoms with Crippen LogP contribution in [-0.2, 0) is 11.2 Å². The predicted molar refractivity (Wildman–Crippen MR) is 135 cm³/mol. The molecule has 184 valence electrons. The minimum absolute atomic E-state index is 0.106. The number of nitrogens with one attached hydrogen (secondary N) is 1. The Kier molecular flexibility index (Phi) is 8.02. The summed E-state index contributed by atoms with van der Waals surface area (Å²) in [6.45, 7) is 7.83. The first kappa shape index (κ1) is 25.7. The SMILES string of the molecule is CCOc1cc2c(c(OC)c1OC)-c1ccc(SC)c(=O)cc1C(NC(=O)OC(C)(C)C)CC2. The highest BCUT2D eigenvalue weighted by Crippen LogP contribution is 2.50. The van der Waals surface area contributed by atoms with Gasteiger partial charge in [-0.3, -0.25) is 4.79 Å². The Morgan fingerprint density at radius 2 is 1.85 bits per heavy atom. The molecule has 1 atom stereocenters. The molecule has 34 heavy (non-hydrogen) atoms. The summed E-state index contributed by atoms with van der Waals surface area (Å²) >= 11 is 1.38. The molecule has 0 aromatic heterocycles. The van der Waals surface area contributed by atoms with Crippen molar-refractivity contribution in [3.8, 4) is 28.4 Å². The Morgan fingerprint density at radius 3 is 2.44 bits per heavy atom. The van der Waals surface area contributed by atoms with Gasteiger partial charge in [0.25, 0.3) is 0 Å². The van der Waals surface area contributed by atoms with Crippen molar-refractivity contribution in [3.05, 3.63) is 45.6 Å². The number of benzene rings is 1. The zero-order chi connectivity index (χ0) is 25.0. The first-order valence-corrected chi connectivity index (χ1v) is 12.5. The number of aryl methyl sites for hydroxylation is 1. The number of fused-ring (bicyclic) bond motifs is 3. The molecule has 0 fully saturated rings. The molecule has 0 radical (unpaired) electrons. The molecule has 1 amide bonds. The molecule has 1 aliphatic carbocycles.